The van der Waals surface area contributed by atoms with E-state index >= 15 is 0 Å². The van der Waals surface area contributed by atoms with Gasteiger partial charge in [0.1, 0.15) is 5.75 Å². The van der Waals surface area contributed by atoms with Crippen LogP contribution in [0.5, 0.6) is 5.75 Å². The van der Waals surface area contributed by atoms with Crippen LogP contribution in [-0.2, 0) is 4.79 Å². The van der Waals surface area contributed by atoms with Crippen molar-refractivity contribution in [1.29, 1.82) is 0 Å². The van der Waals surface area contributed by atoms with Crippen molar-refractivity contribution in [1.82, 2.24) is 9.80 Å². The Kier molecular flexibility index (Phi) is 5.93. The molecule has 0 radical (unpaired) electrons. The highest BCUT2D eigenvalue weighted by molar-refractivity contribution is 5.97. The third kappa shape index (κ3) is 4.49. The number of piperazine rings is 1. The average Bonchev–Trinajstić information content (AvgIpc) is 2.73. The summed E-state index contributed by atoms with van der Waals surface area (Å²) in [6, 6.07) is 13.9. The average molecular weight is 381 g/mol. The van der Waals surface area contributed by atoms with E-state index in [4.69, 9.17) is 4.74 Å². The van der Waals surface area contributed by atoms with Gasteiger partial charge in [-0.3, -0.25) is 14.4 Å². The van der Waals surface area contributed by atoms with Crippen LogP contribution in [0.3, 0.4) is 0 Å². The van der Waals surface area contributed by atoms with E-state index in [9.17, 15) is 14.4 Å². The van der Waals surface area contributed by atoms with Gasteiger partial charge in [-0.25, -0.2) is 0 Å². The van der Waals surface area contributed by atoms with Crippen molar-refractivity contribution in [2.75, 3.05) is 38.6 Å². The Hall–Kier alpha value is -3.35. The zero-order chi connectivity index (χ0) is 20.1. The number of rotatable bonds is 4. The number of nitrogens with zero attached hydrogens (tertiary/aromatic N) is 2. The highest BCUT2D eigenvalue weighted by Crippen LogP contribution is 2.17. The van der Waals surface area contributed by atoms with E-state index in [1.807, 2.05) is 0 Å². The molecule has 1 aliphatic rings. The number of anilines is 1. The lowest BCUT2D eigenvalue weighted by molar-refractivity contribution is -0.114. The standard InChI is InChI=1S/C21H23N3O4/c1-15(25)22-18-8-6-16(7-9-18)20(26)23-10-12-24(13-11-23)21(27)17-4-3-5-19(14-17)28-2/h3-9,14H,10-13H2,1-2H3,(H,22,25). The van der Waals surface area contributed by atoms with Crippen LogP contribution in [0.4, 0.5) is 5.69 Å². The summed E-state index contributed by atoms with van der Waals surface area (Å²) in [5, 5.41) is 2.68. The number of benzene rings is 2. The second kappa shape index (κ2) is 8.56. The van der Waals surface area contributed by atoms with Crippen LogP contribution in [0.2, 0.25) is 0 Å². The molecule has 0 spiro atoms. The van der Waals surface area contributed by atoms with Crippen LogP contribution in [0, 0.1) is 0 Å². The number of carbonyl (C=O) groups is 3. The van der Waals surface area contributed by atoms with Crippen molar-refractivity contribution in [3.05, 3.63) is 59.7 Å². The fourth-order valence-corrected chi connectivity index (χ4v) is 3.13. The number of hydrogen-bond donors (Lipinski definition) is 1. The molecule has 2 aromatic rings. The van der Waals surface area contributed by atoms with Gasteiger partial charge in [-0.05, 0) is 42.5 Å². The molecule has 3 rings (SSSR count). The van der Waals surface area contributed by atoms with E-state index in [-0.39, 0.29) is 17.7 Å². The van der Waals surface area contributed by atoms with Crippen LogP contribution in [0.1, 0.15) is 27.6 Å². The summed E-state index contributed by atoms with van der Waals surface area (Å²) in [6.07, 6.45) is 0. The van der Waals surface area contributed by atoms with Crippen LogP contribution < -0.4 is 10.1 Å². The summed E-state index contributed by atoms with van der Waals surface area (Å²) < 4.78 is 5.17. The second-order valence-electron chi connectivity index (χ2n) is 6.57. The first kappa shape index (κ1) is 19.4. The Balaban J connectivity index is 1.59. The van der Waals surface area contributed by atoms with Gasteiger partial charge < -0.3 is 19.9 Å². The molecule has 1 fully saturated rings. The third-order valence-electron chi connectivity index (χ3n) is 4.62. The fraction of sp³-hybridized carbons (Fsp3) is 0.286. The summed E-state index contributed by atoms with van der Waals surface area (Å²) in [6.45, 7) is 3.34. The first-order valence-corrected chi connectivity index (χ1v) is 9.08. The van der Waals surface area contributed by atoms with Gasteiger partial charge in [0.2, 0.25) is 5.91 Å². The highest BCUT2D eigenvalue weighted by atomic mass is 16.5. The van der Waals surface area contributed by atoms with Crippen LogP contribution in [0.15, 0.2) is 48.5 Å². The molecule has 28 heavy (non-hydrogen) atoms. The molecule has 1 N–H and O–H groups in total. The Bertz CT molecular complexity index is 871. The molecule has 2 aromatic carbocycles. The summed E-state index contributed by atoms with van der Waals surface area (Å²) >= 11 is 0. The minimum Gasteiger partial charge on any atom is -0.497 e. The van der Waals surface area contributed by atoms with Crippen LogP contribution in [-0.4, -0.2) is 60.8 Å². The summed E-state index contributed by atoms with van der Waals surface area (Å²) in [7, 11) is 1.57. The molecule has 0 unspecified atom stereocenters. The Morgan fingerprint density at radius 3 is 1.96 bits per heavy atom. The zero-order valence-electron chi connectivity index (χ0n) is 16.0. The molecule has 1 saturated heterocycles. The Morgan fingerprint density at radius 1 is 0.857 bits per heavy atom. The molecule has 0 aliphatic carbocycles. The number of carbonyl (C=O) groups excluding carboxylic acids is 3. The minimum atomic E-state index is -0.157. The van der Waals surface area contributed by atoms with Crippen molar-refractivity contribution >= 4 is 23.4 Å². The van der Waals surface area contributed by atoms with Gasteiger partial charge in [-0.1, -0.05) is 6.07 Å². The van der Waals surface area contributed by atoms with E-state index in [1.165, 1.54) is 6.92 Å². The number of ether oxygens (including phenoxy) is 1. The van der Waals surface area contributed by atoms with Crippen molar-refractivity contribution in [2.45, 2.75) is 6.92 Å². The molecule has 7 heteroatoms. The van der Waals surface area contributed by atoms with Gasteiger partial charge in [0.25, 0.3) is 11.8 Å². The van der Waals surface area contributed by atoms with E-state index in [1.54, 1.807) is 65.4 Å². The largest absolute Gasteiger partial charge is 0.497 e. The fourth-order valence-electron chi connectivity index (χ4n) is 3.13. The first-order chi connectivity index (χ1) is 13.5. The summed E-state index contributed by atoms with van der Waals surface area (Å²) in [5.74, 6) is 0.340. The van der Waals surface area contributed by atoms with E-state index in [0.29, 0.717) is 48.7 Å². The maximum absolute atomic E-state index is 12.7. The van der Waals surface area contributed by atoms with Gasteiger partial charge in [0.15, 0.2) is 0 Å². The maximum Gasteiger partial charge on any atom is 0.254 e. The summed E-state index contributed by atoms with van der Waals surface area (Å²) in [5.41, 5.74) is 1.78. The molecule has 1 aliphatic heterocycles. The Labute approximate surface area is 163 Å². The zero-order valence-corrected chi connectivity index (χ0v) is 16.0. The van der Waals surface area contributed by atoms with E-state index in [2.05, 4.69) is 5.32 Å². The molecule has 0 saturated carbocycles. The monoisotopic (exact) mass is 381 g/mol. The number of methoxy groups -OCH3 is 1. The normalized spacial score (nSPS) is 13.8. The highest BCUT2D eigenvalue weighted by Gasteiger charge is 2.25. The SMILES string of the molecule is COc1cccc(C(=O)N2CCN(C(=O)c3ccc(NC(C)=O)cc3)CC2)c1. The van der Waals surface area contributed by atoms with Gasteiger partial charge >= 0.3 is 0 Å². The predicted octanol–water partition coefficient (Wildman–Crippen LogP) is 2.25. The molecule has 7 nitrogen and oxygen atoms in total. The number of hydrogen-bond acceptors (Lipinski definition) is 4. The Morgan fingerprint density at radius 2 is 1.43 bits per heavy atom. The lowest BCUT2D eigenvalue weighted by atomic mass is 10.1. The van der Waals surface area contributed by atoms with Crippen LogP contribution in [0.25, 0.3) is 0 Å². The van der Waals surface area contributed by atoms with Gasteiger partial charge in [-0.2, -0.15) is 0 Å². The lowest BCUT2D eigenvalue weighted by Gasteiger charge is -2.35. The molecule has 1 heterocycles. The predicted molar refractivity (Wildman–Crippen MR) is 106 cm³/mol. The summed E-state index contributed by atoms with van der Waals surface area (Å²) in [4.78, 5) is 39.9. The minimum absolute atomic E-state index is 0.0642. The number of amides is 3. The van der Waals surface area contributed by atoms with Crippen molar-refractivity contribution in [2.24, 2.45) is 0 Å². The molecular weight excluding hydrogens is 358 g/mol. The molecule has 0 aromatic heterocycles. The smallest absolute Gasteiger partial charge is 0.254 e. The van der Waals surface area contributed by atoms with Crippen molar-refractivity contribution in [3.63, 3.8) is 0 Å². The lowest BCUT2D eigenvalue weighted by Crippen LogP contribution is -2.50. The maximum atomic E-state index is 12.7. The first-order valence-electron chi connectivity index (χ1n) is 9.08. The quantitative estimate of drug-likeness (QED) is 0.881. The van der Waals surface area contributed by atoms with Gasteiger partial charge in [0.05, 0.1) is 7.11 Å². The van der Waals surface area contributed by atoms with E-state index in [0.717, 1.165) is 0 Å². The van der Waals surface area contributed by atoms with Crippen molar-refractivity contribution in [3.8, 4) is 5.75 Å². The van der Waals surface area contributed by atoms with Gasteiger partial charge in [0, 0.05) is 49.9 Å². The molecular formula is C21H23N3O4. The van der Waals surface area contributed by atoms with Crippen LogP contribution >= 0.6 is 0 Å². The molecule has 0 bridgehead atoms. The third-order valence-corrected chi connectivity index (χ3v) is 4.62. The number of nitrogens with one attached hydrogen (secondary N) is 1. The molecule has 146 valence electrons. The second-order valence-corrected chi connectivity index (χ2v) is 6.57. The molecule has 0 atom stereocenters. The molecule has 3 amide bonds. The van der Waals surface area contributed by atoms with Gasteiger partial charge in [-0.15, -0.1) is 0 Å². The van der Waals surface area contributed by atoms with E-state index < -0.39 is 0 Å². The topological polar surface area (TPSA) is 79.0 Å². The van der Waals surface area contributed by atoms with Crippen molar-refractivity contribution < 1.29 is 19.1 Å².